The molecule has 100 valence electrons. The smallest absolute Gasteiger partial charge is 0.306 e. The Labute approximate surface area is 115 Å². The van der Waals surface area contributed by atoms with E-state index in [9.17, 15) is 9.59 Å². The van der Waals surface area contributed by atoms with Crippen LogP contribution in [0.2, 0.25) is 0 Å². The zero-order valence-electron chi connectivity index (χ0n) is 11.2. The number of Topliss-reactive ketones (excluding diaryl/α,β-unsaturated/α-hetero) is 1. The van der Waals surface area contributed by atoms with Crippen molar-refractivity contribution in [2.45, 2.75) is 27.2 Å². The van der Waals surface area contributed by atoms with Gasteiger partial charge >= 0.3 is 5.97 Å². The summed E-state index contributed by atoms with van der Waals surface area (Å²) in [6.07, 6.45) is 0.0557. The van der Waals surface area contributed by atoms with Gasteiger partial charge in [-0.15, -0.1) is 11.3 Å². The molecule has 1 heterocycles. The lowest BCUT2D eigenvalue weighted by Crippen LogP contribution is -2.13. The number of benzene rings is 1. The number of aliphatic carboxylic acids is 1. The molecule has 0 unspecified atom stereocenters. The fourth-order valence-electron chi connectivity index (χ4n) is 1.91. The van der Waals surface area contributed by atoms with Gasteiger partial charge in [0, 0.05) is 11.1 Å². The molecule has 0 amide bonds. The summed E-state index contributed by atoms with van der Waals surface area (Å²) in [5, 5.41) is 9.90. The molecule has 0 saturated heterocycles. The molecule has 0 spiro atoms. The molecule has 1 aromatic heterocycles. The first-order chi connectivity index (χ1) is 8.88. The Balaban J connectivity index is 2.31. The van der Waals surface area contributed by atoms with Gasteiger partial charge < -0.3 is 5.11 Å². The van der Waals surface area contributed by atoms with Gasteiger partial charge in [-0.2, -0.15) is 0 Å². The lowest BCUT2D eigenvalue weighted by molar-refractivity contribution is -0.141. The SMILES string of the molecule is Cc1cc2cc(C(=O)C[C@H](C)C(=O)O)sc2cc1C. The highest BCUT2D eigenvalue weighted by Crippen LogP contribution is 2.29. The number of aryl methyl sites for hydroxylation is 2. The van der Waals surface area contributed by atoms with E-state index in [-0.39, 0.29) is 12.2 Å². The summed E-state index contributed by atoms with van der Waals surface area (Å²) in [7, 11) is 0. The number of hydrogen-bond acceptors (Lipinski definition) is 3. The average molecular weight is 276 g/mol. The molecule has 3 nitrogen and oxygen atoms in total. The Morgan fingerprint density at radius 2 is 1.84 bits per heavy atom. The third kappa shape index (κ3) is 2.84. The first-order valence-corrected chi connectivity index (χ1v) is 6.97. The first-order valence-electron chi connectivity index (χ1n) is 6.15. The van der Waals surface area contributed by atoms with E-state index in [4.69, 9.17) is 5.11 Å². The molecule has 1 aromatic carbocycles. The van der Waals surface area contributed by atoms with E-state index in [0.717, 1.165) is 10.1 Å². The Hall–Kier alpha value is -1.68. The van der Waals surface area contributed by atoms with Gasteiger partial charge in [0.2, 0.25) is 0 Å². The van der Waals surface area contributed by atoms with Gasteiger partial charge in [0.15, 0.2) is 5.78 Å². The topological polar surface area (TPSA) is 54.4 Å². The molecule has 0 saturated carbocycles. The second-order valence-corrected chi connectivity index (χ2v) is 6.04. The van der Waals surface area contributed by atoms with Gasteiger partial charge in [-0.3, -0.25) is 9.59 Å². The number of thiophene rings is 1. The Bertz CT molecular complexity index is 616. The molecule has 1 N–H and O–H groups in total. The molecular weight excluding hydrogens is 260 g/mol. The highest BCUT2D eigenvalue weighted by molar-refractivity contribution is 7.20. The predicted molar refractivity (Wildman–Crippen MR) is 77.0 cm³/mol. The van der Waals surface area contributed by atoms with Crippen LogP contribution in [0.5, 0.6) is 0 Å². The zero-order chi connectivity index (χ0) is 14.2. The summed E-state index contributed by atoms with van der Waals surface area (Å²) in [5.74, 6) is -1.66. The van der Waals surface area contributed by atoms with Crippen LogP contribution in [-0.4, -0.2) is 16.9 Å². The number of carbonyl (C=O) groups is 2. The van der Waals surface area contributed by atoms with E-state index >= 15 is 0 Å². The largest absolute Gasteiger partial charge is 0.481 e. The van der Waals surface area contributed by atoms with Crippen molar-refractivity contribution < 1.29 is 14.7 Å². The Kier molecular flexibility index (Phi) is 3.71. The maximum absolute atomic E-state index is 12.0. The molecule has 1 atom stereocenters. The van der Waals surface area contributed by atoms with Crippen LogP contribution in [0.15, 0.2) is 18.2 Å². The van der Waals surface area contributed by atoms with Crippen LogP contribution in [0.25, 0.3) is 10.1 Å². The summed E-state index contributed by atoms with van der Waals surface area (Å²) in [6, 6.07) is 6.01. The predicted octanol–water partition coefficient (Wildman–Crippen LogP) is 3.81. The monoisotopic (exact) mass is 276 g/mol. The summed E-state index contributed by atoms with van der Waals surface area (Å²) >= 11 is 1.44. The van der Waals surface area contributed by atoms with E-state index in [2.05, 4.69) is 12.1 Å². The number of hydrogen-bond donors (Lipinski definition) is 1. The van der Waals surface area contributed by atoms with E-state index in [1.165, 1.54) is 22.5 Å². The molecule has 0 aliphatic carbocycles. The molecule has 0 bridgehead atoms. The molecule has 0 aliphatic heterocycles. The summed E-state index contributed by atoms with van der Waals surface area (Å²) in [5.41, 5.74) is 2.40. The van der Waals surface area contributed by atoms with Crippen LogP contribution in [0.3, 0.4) is 0 Å². The van der Waals surface area contributed by atoms with E-state index in [0.29, 0.717) is 4.88 Å². The summed E-state index contributed by atoms with van der Waals surface area (Å²) < 4.78 is 1.08. The Morgan fingerprint density at radius 1 is 1.21 bits per heavy atom. The third-order valence-corrected chi connectivity index (χ3v) is 4.46. The fourth-order valence-corrected chi connectivity index (χ4v) is 3.00. The van der Waals surface area contributed by atoms with Gasteiger partial charge in [0.05, 0.1) is 10.8 Å². The number of rotatable bonds is 4. The molecule has 2 rings (SSSR count). The van der Waals surface area contributed by atoms with Crippen molar-refractivity contribution in [3.8, 4) is 0 Å². The highest BCUT2D eigenvalue weighted by atomic mass is 32.1. The standard InChI is InChI=1S/C15H16O3S/c1-8-4-11-7-14(19-13(11)6-9(8)2)12(16)5-10(3)15(17)18/h4,6-7,10H,5H2,1-3H3,(H,17,18)/t10-/m0/s1. The van der Waals surface area contributed by atoms with E-state index in [1.807, 2.05) is 19.9 Å². The third-order valence-electron chi connectivity index (χ3n) is 3.32. The minimum atomic E-state index is -0.929. The van der Waals surface area contributed by atoms with Crippen LogP contribution in [0.4, 0.5) is 0 Å². The van der Waals surface area contributed by atoms with Gasteiger partial charge in [-0.1, -0.05) is 13.0 Å². The Morgan fingerprint density at radius 3 is 2.47 bits per heavy atom. The lowest BCUT2D eigenvalue weighted by Gasteiger charge is -2.02. The number of fused-ring (bicyclic) bond motifs is 1. The van der Waals surface area contributed by atoms with Crippen molar-refractivity contribution in [1.82, 2.24) is 0 Å². The zero-order valence-corrected chi connectivity index (χ0v) is 12.0. The van der Waals surface area contributed by atoms with Crippen LogP contribution < -0.4 is 0 Å². The number of carboxylic acid groups (broad SMARTS) is 1. The maximum atomic E-state index is 12.0. The second-order valence-electron chi connectivity index (χ2n) is 4.95. The van der Waals surface area contributed by atoms with E-state index < -0.39 is 11.9 Å². The number of carbonyl (C=O) groups excluding carboxylic acids is 1. The van der Waals surface area contributed by atoms with Crippen molar-refractivity contribution in [1.29, 1.82) is 0 Å². The van der Waals surface area contributed by atoms with Crippen molar-refractivity contribution in [3.05, 3.63) is 34.2 Å². The normalized spacial score (nSPS) is 12.6. The van der Waals surface area contributed by atoms with Crippen molar-refractivity contribution >= 4 is 33.2 Å². The minimum absolute atomic E-state index is 0.0557. The average Bonchev–Trinajstić information content (AvgIpc) is 2.72. The van der Waals surface area contributed by atoms with Crippen molar-refractivity contribution in [2.75, 3.05) is 0 Å². The maximum Gasteiger partial charge on any atom is 0.306 e. The molecule has 0 radical (unpaired) electrons. The van der Waals surface area contributed by atoms with Crippen LogP contribution >= 0.6 is 11.3 Å². The summed E-state index contributed by atoms with van der Waals surface area (Å²) in [6.45, 7) is 5.64. The van der Waals surface area contributed by atoms with Gasteiger partial charge in [0.25, 0.3) is 0 Å². The van der Waals surface area contributed by atoms with Crippen LogP contribution in [-0.2, 0) is 4.79 Å². The molecular formula is C15H16O3S. The number of ketones is 1. The molecule has 19 heavy (non-hydrogen) atoms. The second kappa shape index (κ2) is 5.13. The van der Waals surface area contributed by atoms with Crippen LogP contribution in [0, 0.1) is 19.8 Å². The molecule has 4 heteroatoms. The first kappa shape index (κ1) is 13.7. The van der Waals surface area contributed by atoms with Gasteiger partial charge in [-0.05, 0) is 42.5 Å². The molecule has 0 aliphatic rings. The highest BCUT2D eigenvalue weighted by Gasteiger charge is 2.18. The quantitative estimate of drug-likeness (QED) is 0.864. The van der Waals surface area contributed by atoms with Crippen molar-refractivity contribution in [3.63, 3.8) is 0 Å². The number of carboxylic acids is 1. The molecule has 2 aromatic rings. The van der Waals surface area contributed by atoms with Crippen molar-refractivity contribution in [2.24, 2.45) is 5.92 Å². The molecule has 0 fully saturated rings. The lowest BCUT2D eigenvalue weighted by atomic mass is 10.0. The minimum Gasteiger partial charge on any atom is -0.481 e. The summed E-state index contributed by atoms with van der Waals surface area (Å²) in [4.78, 5) is 23.5. The van der Waals surface area contributed by atoms with E-state index in [1.54, 1.807) is 6.92 Å². The van der Waals surface area contributed by atoms with Gasteiger partial charge in [0.1, 0.15) is 0 Å². The fraction of sp³-hybridized carbons (Fsp3) is 0.333. The van der Waals surface area contributed by atoms with Crippen LogP contribution in [0.1, 0.15) is 34.1 Å². The van der Waals surface area contributed by atoms with Gasteiger partial charge in [-0.25, -0.2) is 0 Å².